The van der Waals surface area contributed by atoms with Crippen molar-refractivity contribution in [2.45, 2.75) is 46.6 Å². The molecule has 0 aliphatic carbocycles. The van der Waals surface area contributed by atoms with Crippen LogP contribution in [0.2, 0.25) is 0 Å². The maximum atomic E-state index is 11.7. The van der Waals surface area contributed by atoms with E-state index in [1.807, 2.05) is 34.6 Å². The van der Waals surface area contributed by atoms with Crippen molar-refractivity contribution in [1.29, 1.82) is 0 Å². The number of anilines is 1. The minimum absolute atomic E-state index is 0.0155. The van der Waals surface area contributed by atoms with Crippen LogP contribution in [-0.4, -0.2) is 34.6 Å². The highest BCUT2D eigenvalue weighted by Crippen LogP contribution is 2.19. The molecule has 0 spiro atoms. The number of ether oxygens (including phenoxy) is 1. The minimum Gasteiger partial charge on any atom is -0.478 e. The van der Waals surface area contributed by atoms with Crippen molar-refractivity contribution in [1.82, 2.24) is 15.3 Å². The fourth-order valence-electron chi connectivity index (χ4n) is 1.67. The van der Waals surface area contributed by atoms with Gasteiger partial charge in [0.15, 0.2) is 0 Å². The second-order valence-corrected chi connectivity index (χ2v) is 5.56. The summed E-state index contributed by atoms with van der Waals surface area (Å²) in [5.41, 5.74) is 0.648. The summed E-state index contributed by atoms with van der Waals surface area (Å²) in [7, 11) is 0. The molecule has 0 fully saturated rings. The molecule has 1 heterocycles. The first-order valence-corrected chi connectivity index (χ1v) is 6.82. The van der Waals surface area contributed by atoms with Crippen molar-refractivity contribution < 1.29 is 9.53 Å². The van der Waals surface area contributed by atoms with Crippen LogP contribution in [0.25, 0.3) is 0 Å². The number of nitrogens with one attached hydrogen (secondary N) is 2. The molecule has 6 heteroatoms. The van der Waals surface area contributed by atoms with Crippen LogP contribution in [0.4, 0.5) is 5.82 Å². The fraction of sp³-hybridized carbons (Fsp3) is 0.643. The van der Waals surface area contributed by atoms with Crippen LogP contribution in [-0.2, 0) is 4.79 Å². The topological polar surface area (TPSA) is 76.1 Å². The predicted octanol–water partition coefficient (Wildman–Crippen LogP) is 1.90. The van der Waals surface area contributed by atoms with Crippen molar-refractivity contribution in [3.05, 3.63) is 11.9 Å². The van der Waals surface area contributed by atoms with Gasteiger partial charge in [0, 0.05) is 18.5 Å². The lowest BCUT2D eigenvalue weighted by Crippen LogP contribution is -2.41. The zero-order valence-electron chi connectivity index (χ0n) is 12.9. The molecule has 0 aliphatic heterocycles. The summed E-state index contributed by atoms with van der Waals surface area (Å²) >= 11 is 0. The lowest BCUT2D eigenvalue weighted by molar-refractivity contribution is -0.122. The highest BCUT2D eigenvalue weighted by atomic mass is 16.5. The summed E-state index contributed by atoms with van der Waals surface area (Å²) in [5.74, 6) is 1.29. The van der Waals surface area contributed by atoms with E-state index in [0.717, 1.165) is 5.56 Å². The van der Waals surface area contributed by atoms with Crippen LogP contribution in [0, 0.1) is 6.92 Å². The Kier molecular flexibility index (Phi) is 5.73. The van der Waals surface area contributed by atoms with Crippen LogP contribution in [0.1, 0.15) is 39.7 Å². The standard InChI is InChI=1S/C14H24N4O2/c1-6-20-13-10(2)12(16-9-17-13)15-8-7-11(19)18-14(3,4)5/h9H,6-8H2,1-5H3,(H,18,19)(H,15,16,17). The van der Waals surface area contributed by atoms with Gasteiger partial charge in [-0.05, 0) is 34.6 Å². The predicted molar refractivity (Wildman–Crippen MR) is 78.9 cm³/mol. The Morgan fingerprint density at radius 1 is 1.35 bits per heavy atom. The van der Waals surface area contributed by atoms with Crippen LogP contribution < -0.4 is 15.4 Å². The molecule has 0 atom stereocenters. The molecule has 0 saturated carbocycles. The average Bonchev–Trinajstić information content (AvgIpc) is 2.32. The molecule has 2 N–H and O–H groups in total. The Morgan fingerprint density at radius 2 is 2.05 bits per heavy atom. The molecule has 1 aromatic rings. The van der Waals surface area contributed by atoms with Crippen LogP contribution >= 0.6 is 0 Å². The van der Waals surface area contributed by atoms with Crippen molar-refractivity contribution >= 4 is 11.7 Å². The molecule has 0 bridgehead atoms. The molecule has 0 aromatic carbocycles. The van der Waals surface area contributed by atoms with E-state index in [9.17, 15) is 4.79 Å². The van der Waals surface area contributed by atoms with E-state index in [2.05, 4.69) is 20.6 Å². The maximum absolute atomic E-state index is 11.7. The minimum atomic E-state index is -0.204. The van der Waals surface area contributed by atoms with E-state index in [0.29, 0.717) is 31.3 Å². The van der Waals surface area contributed by atoms with Gasteiger partial charge in [0.2, 0.25) is 11.8 Å². The number of nitrogens with zero attached hydrogens (tertiary/aromatic N) is 2. The molecular weight excluding hydrogens is 256 g/mol. The average molecular weight is 280 g/mol. The molecule has 1 amide bonds. The SMILES string of the molecule is CCOc1ncnc(NCCC(=O)NC(C)(C)C)c1C. The van der Waals surface area contributed by atoms with E-state index in [4.69, 9.17) is 4.74 Å². The smallest absolute Gasteiger partial charge is 0.222 e. The Bertz CT molecular complexity index is 455. The van der Waals surface area contributed by atoms with E-state index < -0.39 is 0 Å². The summed E-state index contributed by atoms with van der Waals surface area (Å²) in [4.78, 5) is 19.9. The number of hydrogen-bond donors (Lipinski definition) is 2. The van der Waals surface area contributed by atoms with Crippen LogP contribution in [0.15, 0.2) is 6.33 Å². The van der Waals surface area contributed by atoms with Crippen LogP contribution in [0.3, 0.4) is 0 Å². The van der Waals surface area contributed by atoms with Crippen molar-refractivity contribution in [2.24, 2.45) is 0 Å². The number of aromatic nitrogens is 2. The summed E-state index contributed by atoms with van der Waals surface area (Å²) in [6.07, 6.45) is 1.85. The molecule has 0 aliphatic rings. The molecule has 1 rings (SSSR count). The third-order valence-electron chi connectivity index (χ3n) is 2.48. The largest absolute Gasteiger partial charge is 0.478 e. The fourth-order valence-corrected chi connectivity index (χ4v) is 1.67. The van der Waals surface area contributed by atoms with E-state index in [1.165, 1.54) is 6.33 Å². The highest BCUT2D eigenvalue weighted by molar-refractivity contribution is 5.77. The van der Waals surface area contributed by atoms with Gasteiger partial charge in [0.1, 0.15) is 12.1 Å². The third kappa shape index (κ3) is 5.42. The van der Waals surface area contributed by atoms with Gasteiger partial charge in [0.25, 0.3) is 0 Å². The molecule has 1 aromatic heterocycles. The van der Waals surface area contributed by atoms with Crippen molar-refractivity contribution in [3.63, 3.8) is 0 Å². The maximum Gasteiger partial charge on any atom is 0.222 e. The Morgan fingerprint density at radius 3 is 2.65 bits per heavy atom. The van der Waals surface area contributed by atoms with Gasteiger partial charge in [-0.3, -0.25) is 4.79 Å². The van der Waals surface area contributed by atoms with Crippen LogP contribution in [0.5, 0.6) is 5.88 Å². The molecule has 112 valence electrons. The van der Waals surface area contributed by atoms with Gasteiger partial charge in [-0.1, -0.05) is 0 Å². The number of rotatable bonds is 6. The first-order chi connectivity index (χ1) is 9.33. The van der Waals surface area contributed by atoms with Crippen molar-refractivity contribution in [2.75, 3.05) is 18.5 Å². The quantitative estimate of drug-likeness (QED) is 0.832. The normalized spacial score (nSPS) is 11.1. The van der Waals surface area contributed by atoms with Crippen molar-refractivity contribution in [3.8, 4) is 5.88 Å². The lowest BCUT2D eigenvalue weighted by Gasteiger charge is -2.20. The zero-order valence-corrected chi connectivity index (χ0v) is 12.9. The van der Waals surface area contributed by atoms with E-state index in [1.54, 1.807) is 0 Å². The number of hydrogen-bond acceptors (Lipinski definition) is 5. The Balaban J connectivity index is 2.50. The second kappa shape index (κ2) is 7.07. The summed E-state index contributed by atoms with van der Waals surface area (Å²) in [6, 6.07) is 0. The van der Waals surface area contributed by atoms with Gasteiger partial charge in [-0.25, -0.2) is 9.97 Å². The lowest BCUT2D eigenvalue weighted by atomic mass is 10.1. The molecule has 6 nitrogen and oxygen atoms in total. The first kappa shape index (κ1) is 16.2. The number of carbonyl (C=O) groups is 1. The number of carbonyl (C=O) groups excluding carboxylic acids is 1. The Hall–Kier alpha value is -1.85. The van der Waals surface area contributed by atoms with E-state index in [-0.39, 0.29) is 11.4 Å². The molecule has 20 heavy (non-hydrogen) atoms. The number of amides is 1. The second-order valence-electron chi connectivity index (χ2n) is 5.56. The first-order valence-electron chi connectivity index (χ1n) is 6.82. The monoisotopic (exact) mass is 280 g/mol. The summed E-state index contributed by atoms with van der Waals surface area (Å²) in [5, 5.41) is 6.05. The molecule has 0 radical (unpaired) electrons. The van der Waals surface area contributed by atoms with E-state index >= 15 is 0 Å². The van der Waals surface area contributed by atoms with Gasteiger partial charge >= 0.3 is 0 Å². The van der Waals surface area contributed by atoms with Gasteiger partial charge in [-0.2, -0.15) is 0 Å². The molecule has 0 unspecified atom stereocenters. The summed E-state index contributed by atoms with van der Waals surface area (Å²) < 4.78 is 5.40. The van der Waals surface area contributed by atoms with Gasteiger partial charge < -0.3 is 15.4 Å². The molecule has 0 saturated heterocycles. The zero-order chi connectivity index (χ0) is 15.2. The summed E-state index contributed by atoms with van der Waals surface area (Å²) in [6.45, 7) is 10.8. The van der Waals surface area contributed by atoms with Gasteiger partial charge in [0.05, 0.1) is 12.2 Å². The Labute approximate surface area is 120 Å². The third-order valence-corrected chi connectivity index (χ3v) is 2.48. The molecular formula is C14H24N4O2. The highest BCUT2D eigenvalue weighted by Gasteiger charge is 2.13. The van der Waals surface area contributed by atoms with Gasteiger partial charge in [-0.15, -0.1) is 0 Å².